The number of para-hydroxylation sites is 2. The predicted octanol–water partition coefficient (Wildman–Crippen LogP) is 5.75. The number of Topliss-reactive ketones (excluding diaryl/α,β-unsaturated/α-hetero) is 1. The first-order valence-electron chi connectivity index (χ1n) is 11.0. The van der Waals surface area contributed by atoms with Crippen LogP contribution in [0.25, 0.3) is 0 Å². The molecule has 0 radical (unpaired) electrons. The Morgan fingerprint density at radius 1 is 1.06 bits per heavy atom. The van der Waals surface area contributed by atoms with Gasteiger partial charge in [-0.3, -0.25) is 14.5 Å². The summed E-state index contributed by atoms with van der Waals surface area (Å²) in [5.74, 6) is -1.57. The van der Waals surface area contributed by atoms with Crippen molar-refractivity contribution in [1.82, 2.24) is 0 Å². The van der Waals surface area contributed by atoms with Crippen LogP contribution in [0.2, 0.25) is 0 Å². The number of nitrogens with one attached hydrogen (secondary N) is 1. The van der Waals surface area contributed by atoms with Gasteiger partial charge in [-0.25, -0.2) is 0 Å². The average Bonchev–Trinajstić information content (AvgIpc) is 3.33. The maximum atomic E-state index is 13.9. The molecule has 3 aromatic rings. The second-order valence-electron chi connectivity index (χ2n) is 8.43. The molecule has 0 spiro atoms. The van der Waals surface area contributed by atoms with Crippen molar-refractivity contribution < 1.29 is 31.9 Å². The smallest absolute Gasteiger partial charge is 0.471 e. The number of methoxy groups -OCH3 is 1. The van der Waals surface area contributed by atoms with Gasteiger partial charge < -0.3 is 14.5 Å². The van der Waals surface area contributed by atoms with E-state index in [0.29, 0.717) is 39.8 Å². The number of benzene rings is 2. The van der Waals surface area contributed by atoms with Crippen molar-refractivity contribution in [3.05, 3.63) is 89.5 Å². The molecule has 35 heavy (non-hydrogen) atoms. The van der Waals surface area contributed by atoms with E-state index in [-0.39, 0.29) is 29.4 Å². The van der Waals surface area contributed by atoms with Crippen LogP contribution in [0.1, 0.15) is 36.1 Å². The number of furan rings is 1. The fourth-order valence-corrected chi connectivity index (χ4v) is 4.78. The Kier molecular flexibility index (Phi) is 5.62. The Bertz CT molecular complexity index is 1300. The van der Waals surface area contributed by atoms with Gasteiger partial charge >= 0.3 is 12.1 Å². The molecule has 6 nitrogen and oxygen atoms in total. The number of hydrogen-bond donors (Lipinski definition) is 1. The van der Waals surface area contributed by atoms with Crippen LogP contribution < -0.4 is 15.0 Å². The molecule has 2 heterocycles. The summed E-state index contributed by atoms with van der Waals surface area (Å²) < 4.78 is 52.4. The number of fused-ring (bicyclic) bond motifs is 1. The van der Waals surface area contributed by atoms with Crippen molar-refractivity contribution in [2.45, 2.75) is 31.0 Å². The van der Waals surface area contributed by atoms with E-state index >= 15 is 0 Å². The van der Waals surface area contributed by atoms with Gasteiger partial charge in [0.1, 0.15) is 11.5 Å². The van der Waals surface area contributed by atoms with Crippen molar-refractivity contribution in [3.8, 4) is 5.75 Å². The highest BCUT2D eigenvalue weighted by Crippen LogP contribution is 2.48. The van der Waals surface area contributed by atoms with Crippen LogP contribution in [-0.4, -0.2) is 25.0 Å². The Morgan fingerprint density at radius 2 is 1.80 bits per heavy atom. The van der Waals surface area contributed by atoms with Gasteiger partial charge in [0.2, 0.25) is 0 Å². The number of ketones is 1. The molecule has 1 aliphatic heterocycles. The number of rotatable bonds is 3. The lowest BCUT2D eigenvalue weighted by Gasteiger charge is -2.35. The maximum Gasteiger partial charge on any atom is 0.471 e. The molecule has 180 valence electrons. The third-order valence-corrected chi connectivity index (χ3v) is 6.33. The number of halogens is 3. The molecule has 0 saturated carbocycles. The molecule has 0 bridgehead atoms. The van der Waals surface area contributed by atoms with Crippen LogP contribution in [0.4, 0.5) is 24.5 Å². The van der Waals surface area contributed by atoms with Gasteiger partial charge in [-0.2, -0.15) is 13.2 Å². The second kappa shape index (κ2) is 8.65. The van der Waals surface area contributed by atoms with Crippen LogP contribution in [-0.2, 0) is 9.59 Å². The van der Waals surface area contributed by atoms with Crippen molar-refractivity contribution in [2.75, 3.05) is 17.3 Å². The molecule has 1 aliphatic carbocycles. The SMILES string of the molecule is COc1ccc([C@@H]2C3=C(C[C@@H](c4ccco4)CC3=O)Nc3ccccc3N2C(=O)C(F)(F)F)cc1. The summed E-state index contributed by atoms with van der Waals surface area (Å²) in [4.78, 5) is 27.1. The molecular formula is C26H21F3N2O4. The van der Waals surface area contributed by atoms with Gasteiger partial charge in [0.15, 0.2) is 5.78 Å². The molecule has 5 rings (SSSR count). The minimum absolute atomic E-state index is 0.0346. The third kappa shape index (κ3) is 4.07. The highest BCUT2D eigenvalue weighted by atomic mass is 19.4. The number of allylic oxidation sites excluding steroid dienone is 1. The number of ether oxygens (including phenoxy) is 1. The monoisotopic (exact) mass is 482 g/mol. The zero-order chi connectivity index (χ0) is 24.7. The normalized spacial score (nSPS) is 20.0. The van der Waals surface area contributed by atoms with E-state index < -0.39 is 18.1 Å². The molecule has 0 saturated heterocycles. The molecule has 1 aromatic heterocycles. The minimum Gasteiger partial charge on any atom is -0.497 e. The summed E-state index contributed by atoms with van der Waals surface area (Å²) >= 11 is 0. The number of carbonyl (C=O) groups is 2. The molecule has 0 unspecified atom stereocenters. The van der Waals surface area contributed by atoms with Crippen molar-refractivity contribution in [3.63, 3.8) is 0 Å². The van der Waals surface area contributed by atoms with Gasteiger partial charge in [0.25, 0.3) is 0 Å². The highest BCUT2D eigenvalue weighted by Gasteiger charge is 2.50. The lowest BCUT2D eigenvalue weighted by molar-refractivity contribution is -0.170. The first-order valence-corrected chi connectivity index (χ1v) is 11.0. The lowest BCUT2D eigenvalue weighted by Crippen LogP contribution is -2.45. The van der Waals surface area contributed by atoms with E-state index in [0.717, 1.165) is 0 Å². The molecule has 2 aliphatic rings. The van der Waals surface area contributed by atoms with Crippen LogP contribution in [0.3, 0.4) is 0 Å². The summed E-state index contributed by atoms with van der Waals surface area (Å²) in [7, 11) is 1.47. The molecule has 1 N–H and O–H groups in total. The summed E-state index contributed by atoms with van der Waals surface area (Å²) in [6, 6.07) is 14.8. The lowest BCUT2D eigenvalue weighted by atomic mass is 9.80. The highest BCUT2D eigenvalue weighted by molar-refractivity contribution is 6.07. The van der Waals surface area contributed by atoms with Crippen LogP contribution >= 0.6 is 0 Å². The largest absolute Gasteiger partial charge is 0.497 e. The fourth-order valence-electron chi connectivity index (χ4n) is 4.78. The molecule has 1 amide bonds. The summed E-state index contributed by atoms with van der Waals surface area (Å²) in [6.45, 7) is 0. The van der Waals surface area contributed by atoms with Crippen LogP contribution in [0.5, 0.6) is 5.75 Å². The van der Waals surface area contributed by atoms with Gasteiger partial charge in [-0.15, -0.1) is 0 Å². The first kappa shape index (κ1) is 22.8. The third-order valence-electron chi connectivity index (χ3n) is 6.33. The molecule has 0 fully saturated rings. The second-order valence-corrected chi connectivity index (χ2v) is 8.43. The zero-order valence-corrected chi connectivity index (χ0v) is 18.6. The topological polar surface area (TPSA) is 71.8 Å². The van der Waals surface area contributed by atoms with E-state index in [2.05, 4.69) is 5.32 Å². The summed E-state index contributed by atoms with van der Waals surface area (Å²) in [5, 5.41) is 3.17. The Morgan fingerprint density at radius 3 is 2.46 bits per heavy atom. The van der Waals surface area contributed by atoms with Crippen molar-refractivity contribution in [2.24, 2.45) is 0 Å². The van der Waals surface area contributed by atoms with Crippen molar-refractivity contribution >= 4 is 23.1 Å². The van der Waals surface area contributed by atoms with Gasteiger partial charge in [-0.05, 0) is 48.4 Å². The summed E-state index contributed by atoms with van der Waals surface area (Å²) in [6.07, 6.45) is -3.25. The van der Waals surface area contributed by atoms with E-state index in [1.54, 1.807) is 54.6 Å². The van der Waals surface area contributed by atoms with E-state index in [1.807, 2.05) is 0 Å². The zero-order valence-electron chi connectivity index (χ0n) is 18.6. The first-order chi connectivity index (χ1) is 16.8. The fraction of sp³-hybridized carbons (Fsp3) is 0.231. The standard InChI is InChI=1S/C26H21F3N2O4/c1-34-17-10-8-15(9-11-17)24-23-19(13-16(14-21(23)32)22-7-4-12-35-22)30-18-5-2-3-6-20(18)31(24)25(33)26(27,28)29/h2-12,16,24,30H,13-14H2,1H3/t16-,24-/m1/s1. The van der Waals surface area contributed by atoms with Crippen molar-refractivity contribution in [1.29, 1.82) is 0 Å². The maximum absolute atomic E-state index is 13.9. The molecule has 2 aromatic carbocycles. The number of anilines is 2. The number of amides is 1. The van der Waals surface area contributed by atoms with E-state index in [1.165, 1.54) is 19.4 Å². The number of carbonyl (C=O) groups excluding carboxylic acids is 2. The van der Waals surface area contributed by atoms with Gasteiger partial charge in [-0.1, -0.05) is 24.3 Å². The molecule has 9 heteroatoms. The van der Waals surface area contributed by atoms with Crippen LogP contribution in [0.15, 0.2) is 82.6 Å². The number of hydrogen-bond acceptors (Lipinski definition) is 5. The van der Waals surface area contributed by atoms with E-state index in [9.17, 15) is 22.8 Å². The number of alkyl halides is 3. The molecular weight excluding hydrogens is 461 g/mol. The Balaban J connectivity index is 1.74. The number of nitrogens with zero attached hydrogens (tertiary/aromatic N) is 1. The van der Waals surface area contributed by atoms with E-state index in [4.69, 9.17) is 9.15 Å². The van der Waals surface area contributed by atoms with Gasteiger partial charge in [0, 0.05) is 23.6 Å². The van der Waals surface area contributed by atoms with Crippen LogP contribution in [0, 0.1) is 0 Å². The Hall–Kier alpha value is -4.01. The minimum atomic E-state index is -5.16. The summed E-state index contributed by atoms with van der Waals surface area (Å²) in [5.41, 5.74) is 1.30. The quantitative estimate of drug-likeness (QED) is 0.515. The van der Waals surface area contributed by atoms with Gasteiger partial charge in [0.05, 0.1) is 30.8 Å². The average molecular weight is 482 g/mol. The predicted molar refractivity (Wildman–Crippen MR) is 122 cm³/mol. The Labute approximate surface area is 199 Å². The molecule has 2 atom stereocenters.